The molecular weight excluding hydrogens is 329 g/mol. The average Bonchev–Trinajstić information content (AvgIpc) is 2.57. The van der Waals surface area contributed by atoms with Gasteiger partial charge in [0.25, 0.3) is 0 Å². The fraction of sp³-hybridized carbons (Fsp3) is 0.182. The van der Waals surface area contributed by atoms with Gasteiger partial charge in [0.15, 0.2) is 5.69 Å². The van der Waals surface area contributed by atoms with Crippen molar-refractivity contribution < 1.29 is 13.2 Å². The first-order valence-corrected chi connectivity index (χ1v) is 6.16. The Kier molecular flexibility index (Phi) is 3.46. The van der Waals surface area contributed by atoms with Crippen molar-refractivity contribution in [1.82, 2.24) is 9.78 Å². The number of benzene rings is 1. The molecule has 0 amide bonds. The summed E-state index contributed by atoms with van der Waals surface area (Å²) in [4.78, 5) is 0. The molecule has 0 aliphatic rings. The van der Waals surface area contributed by atoms with Gasteiger partial charge in [-0.1, -0.05) is 15.9 Å². The van der Waals surface area contributed by atoms with Crippen LogP contribution in [-0.2, 0) is 6.18 Å². The standard InChI is InChI=1S/C11H8BrF3N2S/c1-6-9(11(13,14)15)16-17(10(6)18)8-4-2-7(12)3-5-8/h2-5,18H,1H3. The van der Waals surface area contributed by atoms with Crippen molar-refractivity contribution in [2.24, 2.45) is 0 Å². The first kappa shape index (κ1) is 13.5. The van der Waals surface area contributed by atoms with Crippen LogP contribution < -0.4 is 0 Å². The zero-order valence-corrected chi connectivity index (χ0v) is 11.6. The molecule has 0 unspecified atom stereocenters. The summed E-state index contributed by atoms with van der Waals surface area (Å²) in [5, 5.41) is 3.77. The van der Waals surface area contributed by atoms with E-state index < -0.39 is 11.9 Å². The second-order valence-electron chi connectivity index (χ2n) is 3.68. The van der Waals surface area contributed by atoms with Crippen molar-refractivity contribution in [2.45, 2.75) is 18.1 Å². The number of rotatable bonds is 1. The molecule has 7 heteroatoms. The van der Waals surface area contributed by atoms with Crippen LogP contribution in [0.25, 0.3) is 5.69 Å². The molecule has 2 aromatic rings. The molecule has 0 saturated carbocycles. The Morgan fingerprint density at radius 2 is 1.78 bits per heavy atom. The minimum Gasteiger partial charge on any atom is -0.227 e. The molecule has 0 saturated heterocycles. The van der Waals surface area contributed by atoms with E-state index in [0.717, 1.165) is 4.47 Å². The SMILES string of the molecule is Cc1c(C(F)(F)F)nn(-c2ccc(Br)cc2)c1S. The molecule has 1 heterocycles. The van der Waals surface area contributed by atoms with Gasteiger partial charge >= 0.3 is 6.18 Å². The van der Waals surface area contributed by atoms with E-state index in [4.69, 9.17) is 0 Å². The van der Waals surface area contributed by atoms with E-state index in [9.17, 15) is 13.2 Å². The minimum atomic E-state index is -4.47. The predicted octanol–water partition coefficient (Wildman–Crippen LogP) is 4.25. The lowest BCUT2D eigenvalue weighted by Crippen LogP contribution is -2.08. The van der Waals surface area contributed by atoms with E-state index in [1.54, 1.807) is 24.3 Å². The minimum absolute atomic E-state index is 0.0220. The maximum atomic E-state index is 12.7. The molecule has 0 spiro atoms. The molecule has 0 radical (unpaired) electrons. The Balaban J connectivity index is 2.56. The molecule has 18 heavy (non-hydrogen) atoms. The maximum absolute atomic E-state index is 12.7. The number of halogens is 4. The number of thiol groups is 1. The van der Waals surface area contributed by atoms with Crippen molar-refractivity contribution in [2.75, 3.05) is 0 Å². The van der Waals surface area contributed by atoms with Gasteiger partial charge in [-0.05, 0) is 31.2 Å². The van der Waals surface area contributed by atoms with Crippen LogP contribution in [0.3, 0.4) is 0 Å². The molecule has 0 fully saturated rings. The highest BCUT2D eigenvalue weighted by Gasteiger charge is 2.37. The fourth-order valence-corrected chi connectivity index (χ4v) is 2.05. The van der Waals surface area contributed by atoms with Crippen molar-refractivity contribution in [3.63, 3.8) is 0 Å². The number of hydrogen-bond donors (Lipinski definition) is 1. The smallest absolute Gasteiger partial charge is 0.227 e. The number of nitrogens with zero attached hydrogens (tertiary/aromatic N) is 2. The highest BCUT2D eigenvalue weighted by Crippen LogP contribution is 2.34. The van der Waals surface area contributed by atoms with E-state index >= 15 is 0 Å². The Labute approximate surface area is 115 Å². The Hall–Kier alpha value is -0.950. The highest BCUT2D eigenvalue weighted by molar-refractivity contribution is 9.10. The molecule has 2 nitrogen and oxygen atoms in total. The fourth-order valence-electron chi connectivity index (χ4n) is 1.52. The van der Waals surface area contributed by atoms with E-state index in [2.05, 4.69) is 33.7 Å². The summed E-state index contributed by atoms with van der Waals surface area (Å²) in [6.07, 6.45) is -4.47. The molecular formula is C11H8BrF3N2S. The highest BCUT2D eigenvalue weighted by atomic mass is 79.9. The average molecular weight is 337 g/mol. The lowest BCUT2D eigenvalue weighted by Gasteiger charge is -2.04. The zero-order valence-electron chi connectivity index (χ0n) is 9.16. The van der Waals surface area contributed by atoms with Crippen molar-refractivity contribution in [3.8, 4) is 5.69 Å². The van der Waals surface area contributed by atoms with Gasteiger partial charge in [-0.2, -0.15) is 18.3 Å². The molecule has 0 aliphatic carbocycles. The second-order valence-corrected chi connectivity index (χ2v) is 5.02. The van der Waals surface area contributed by atoms with Gasteiger partial charge in [-0.3, -0.25) is 0 Å². The van der Waals surface area contributed by atoms with Crippen LogP contribution in [0.2, 0.25) is 0 Å². The Morgan fingerprint density at radius 1 is 1.22 bits per heavy atom. The van der Waals surface area contributed by atoms with Crippen LogP contribution in [-0.4, -0.2) is 9.78 Å². The van der Waals surface area contributed by atoms with E-state index in [1.807, 2.05) is 0 Å². The molecule has 0 bridgehead atoms. The zero-order chi connectivity index (χ0) is 13.5. The summed E-state index contributed by atoms with van der Waals surface area (Å²) >= 11 is 7.35. The summed E-state index contributed by atoms with van der Waals surface area (Å²) in [5.74, 6) is 0. The summed E-state index contributed by atoms with van der Waals surface area (Å²) < 4.78 is 40.1. The summed E-state index contributed by atoms with van der Waals surface area (Å²) in [6.45, 7) is 1.35. The van der Waals surface area contributed by atoms with Gasteiger partial charge in [0.2, 0.25) is 0 Å². The van der Waals surface area contributed by atoms with Crippen molar-refractivity contribution >= 4 is 28.6 Å². The maximum Gasteiger partial charge on any atom is 0.435 e. The predicted molar refractivity (Wildman–Crippen MR) is 68.3 cm³/mol. The lowest BCUT2D eigenvalue weighted by molar-refractivity contribution is -0.141. The van der Waals surface area contributed by atoms with Gasteiger partial charge in [0, 0.05) is 10.0 Å². The molecule has 0 N–H and O–H groups in total. The normalized spacial score (nSPS) is 11.9. The molecule has 1 aromatic carbocycles. The number of hydrogen-bond acceptors (Lipinski definition) is 2. The monoisotopic (exact) mass is 336 g/mol. The lowest BCUT2D eigenvalue weighted by atomic mass is 10.3. The van der Waals surface area contributed by atoms with Crippen LogP contribution >= 0.6 is 28.6 Å². The van der Waals surface area contributed by atoms with E-state index in [0.29, 0.717) is 5.69 Å². The molecule has 2 rings (SSSR count). The molecule has 0 aliphatic heterocycles. The third-order valence-corrected chi connectivity index (χ3v) is 3.48. The topological polar surface area (TPSA) is 17.8 Å². The van der Waals surface area contributed by atoms with Gasteiger partial charge in [0.05, 0.1) is 5.69 Å². The van der Waals surface area contributed by atoms with Gasteiger partial charge in [-0.15, -0.1) is 12.6 Å². The van der Waals surface area contributed by atoms with Gasteiger partial charge in [-0.25, -0.2) is 4.68 Å². The quantitative estimate of drug-likeness (QED) is 0.770. The summed E-state index contributed by atoms with van der Waals surface area (Å²) in [5.41, 5.74) is -0.356. The summed E-state index contributed by atoms with van der Waals surface area (Å²) in [7, 11) is 0. The first-order chi connectivity index (χ1) is 8.30. The van der Waals surface area contributed by atoms with Gasteiger partial charge in [0.1, 0.15) is 5.03 Å². The van der Waals surface area contributed by atoms with E-state index in [-0.39, 0.29) is 10.6 Å². The van der Waals surface area contributed by atoms with Crippen molar-refractivity contribution in [3.05, 3.63) is 40.0 Å². The van der Waals surface area contributed by atoms with Crippen LogP contribution in [0.5, 0.6) is 0 Å². The third kappa shape index (κ3) is 2.42. The van der Waals surface area contributed by atoms with E-state index in [1.165, 1.54) is 11.6 Å². The first-order valence-electron chi connectivity index (χ1n) is 4.92. The molecule has 1 aromatic heterocycles. The van der Waals surface area contributed by atoms with Crippen LogP contribution in [0.1, 0.15) is 11.3 Å². The molecule has 0 atom stereocenters. The Bertz CT molecular complexity index is 575. The van der Waals surface area contributed by atoms with Crippen LogP contribution in [0.4, 0.5) is 13.2 Å². The second kappa shape index (κ2) is 4.62. The largest absolute Gasteiger partial charge is 0.435 e. The van der Waals surface area contributed by atoms with Crippen LogP contribution in [0, 0.1) is 6.92 Å². The van der Waals surface area contributed by atoms with Gasteiger partial charge < -0.3 is 0 Å². The summed E-state index contributed by atoms with van der Waals surface area (Å²) in [6, 6.07) is 6.78. The van der Waals surface area contributed by atoms with Crippen LogP contribution in [0.15, 0.2) is 33.8 Å². The third-order valence-electron chi connectivity index (χ3n) is 2.43. The van der Waals surface area contributed by atoms with Crippen molar-refractivity contribution in [1.29, 1.82) is 0 Å². The Morgan fingerprint density at radius 3 is 2.22 bits per heavy atom. The number of alkyl halides is 3. The number of aromatic nitrogens is 2. The molecule has 96 valence electrons.